The van der Waals surface area contributed by atoms with Gasteiger partial charge in [0, 0.05) is 5.56 Å². The van der Waals surface area contributed by atoms with Crippen LogP contribution in [-0.2, 0) is 16.2 Å². The minimum absolute atomic E-state index is 0.0618. The standard InChI is InChI=1S/C16H13F3N2O4S/c1-8-9(2)25-10(3)14(8)15(22)21-26(23,24)13-5-4-11(7-20)6-12(13)16(17,18)19/h4-6H,1-3H3,(H,21,22). The fourth-order valence-corrected chi connectivity index (χ4v) is 3.58. The molecule has 0 aliphatic rings. The molecular formula is C16H13F3N2O4S. The third-order valence-corrected chi connectivity index (χ3v) is 5.11. The molecule has 0 atom stereocenters. The largest absolute Gasteiger partial charge is 0.466 e. The van der Waals surface area contributed by atoms with E-state index in [0.717, 1.165) is 6.07 Å². The van der Waals surface area contributed by atoms with Crippen molar-refractivity contribution >= 4 is 15.9 Å². The molecule has 6 nitrogen and oxygen atoms in total. The Morgan fingerprint density at radius 1 is 1.19 bits per heavy atom. The number of alkyl halides is 3. The van der Waals surface area contributed by atoms with Gasteiger partial charge in [-0.15, -0.1) is 0 Å². The number of carbonyl (C=O) groups is 1. The van der Waals surface area contributed by atoms with Crippen molar-refractivity contribution < 1.29 is 30.8 Å². The number of amides is 1. The average Bonchev–Trinajstić information content (AvgIpc) is 2.78. The zero-order chi connectivity index (χ0) is 19.9. The van der Waals surface area contributed by atoms with Gasteiger partial charge in [0.25, 0.3) is 15.9 Å². The summed E-state index contributed by atoms with van der Waals surface area (Å²) in [6, 6.07) is 3.48. The first kappa shape index (κ1) is 19.5. The number of sulfonamides is 1. The lowest BCUT2D eigenvalue weighted by atomic mass is 10.1. The van der Waals surface area contributed by atoms with E-state index < -0.39 is 32.6 Å². The topological polar surface area (TPSA) is 100 Å². The molecule has 0 radical (unpaired) electrons. The van der Waals surface area contributed by atoms with Gasteiger partial charge in [0.1, 0.15) is 11.5 Å². The predicted molar refractivity (Wildman–Crippen MR) is 83.7 cm³/mol. The van der Waals surface area contributed by atoms with E-state index in [2.05, 4.69) is 0 Å². The fraction of sp³-hybridized carbons (Fsp3) is 0.250. The highest BCUT2D eigenvalue weighted by Crippen LogP contribution is 2.35. The van der Waals surface area contributed by atoms with Crippen LogP contribution >= 0.6 is 0 Å². The average molecular weight is 386 g/mol. The molecule has 2 rings (SSSR count). The lowest BCUT2D eigenvalue weighted by Gasteiger charge is -2.14. The first-order valence-electron chi connectivity index (χ1n) is 7.13. The molecule has 0 bridgehead atoms. The molecule has 0 spiro atoms. The van der Waals surface area contributed by atoms with E-state index in [9.17, 15) is 26.4 Å². The Morgan fingerprint density at radius 2 is 1.81 bits per heavy atom. The Labute approximate surface area is 147 Å². The maximum absolute atomic E-state index is 13.2. The molecular weight excluding hydrogens is 373 g/mol. The number of nitriles is 1. The molecule has 0 saturated heterocycles. The smallest absolute Gasteiger partial charge is 0.417 e. The molecule has 138 valence electrons. The summed E-state index contributed by atoms with van der Waals surface area (Å²) < 4.78 is 71.1. The summed E-state index contributed by atoms with van der Waals surface area (Å²) in [5.41, 5.74) is -1.58. The van der Waals surface area contributed by atoms with Gasteiger partial charge in [-0.3, -0.25) is 4.79 Å². The predicted octanol–water partition coefficient (Wildman–Crippen LogP) is 3.21. The highest BCUT2D eigenvalue weighted by Gasteiger charge is 2.38. The summed E-state index contributed by atoms with van der Waals surface area (Å²) in [4.78, 5) is 11.1. The second-order valence-electron chi connectivity index (χ2n) is 5.47. The molecule has 2 aromatic rings. The van der Waals surface area contributed by atoms with Gasteiger partial charge in [0.15, 0.2) is 0 Å². The quantitative estimate of drug-likeness (QED) is 0.873. The van der Waals surface area contributed by atoms with Gasteiger partial charge in [0.2, 0.25) is 0 Å². The molecule has 0 fully saturated rings. The van der Waals surface area contributed by atoms with Crippen LogP contribution in [0.2, 0.25) is 0 Å². The summed E-state index contributed by atoms with van der Waals surface area (Å²) in [5.74, 6) is -0.572. The van der Waals surface area contributed by atoms with Crippen LogP contribution in [0.15, 0.2) is 27.5 Å². The highest BCUT2D eigenvalue weighted by molar-refractivity contribution is 7.90. The second kappa shape index (κ2) is 6.49. The van der Waals surface area contributed by atoms with E-state index in [1.54, 1.807) is 11.6 Å². The summed E-state index contributed by atoms with van der Waals surface area (Å²) in [7, 11) is -4.84. The number of halogens is 3. The molecule has 1 heterocycles. The van der Waals surface area contributed by atoms with Gasteiger partial charge in [-0.25, -0.2) is 13.1 Å². The van der Waals surface area contributed by atoms with Gasteiger partial charge in [-0.05, 0) is 39.0 Å². The Bertz CT molecular complexity index is 1030. The molecule has 0 unspecified atom stereocenters. The van der Waals surface area contributed by atoms with Gasteiger partial charge in [0.05, 0.1) is 27.7 Å². The van der Waals surface area contributed by atoms with Gasteiger partial charge in [-0.1, -0.05) is 0 Å². The zero-order valence-electron chi connectivity index (χ0n) is 13.9. The van der Waals surface area contributed by atoms with Crippen molar-refractivity contribution in [3.63, 3.8) is 0 Å². The van der Waals surface area contributed by atoms with E-state index >= 15 is 0 Å². The Balaban J connectivity index is 2.52. The first-order valence-corrected chi connectivity index (χ1v) is 8.62. The van der Waals surface area contributed by atoms with E-state index in [1.807, 2.05) is 0 Å². The van der Waals surface area contributed by atoms with Gasteiger partial charge in [-0.2, -0.15) is 18.4 Å². The number of hydrogen-bond acceptors (Lipinski definition) is 5. The molecule has 0 aliphatic carbocycles. The number of benzene rings is 1. The third kappa shape index (κ3) is 3.57. The van der Waals surface area contributed by atoms with Crippen LogP contribution in [-0.4, -0.2) is 14.3 Å². The van der Waals surface area contributed by atoms with Crippen LogP contribution < -0.4 is 4.72 Å². The third-order valence-electron chi connectivity index (χ3n) is 3.72. The molecule has 0 aliphatic heterocycles. The molecule has 1 N–H and O–H groups in total. The van der Waals surface area contributed by atoms with Crippen LogP contribution in [0, 0.1) is 32.1 Å². The van der Waals surface area contributed by atoms with Gasteiger partial charge < -0.3 is 4.42 Å². The van der Waals surface area contributed by atoms with Crippen molar-refractivity contribution in [1.82, 2.24) is 4.72 Å². The van der Waals surface area contributed by atoms with Crippen molar-refractivity contribution in [3.05, 3.63) is 52.0 Å². The van der Waals surface area contributed by atoms with Gasteiger partial charge >= 0.3 is 6.18 Å². The number of furan rings is 1. The summed E-state index contributed by atoms with van der Waals surface area (Å²) in [6.45, 7) is 4.52. The zero-order valence-corrected chi connectivity index (χ0v) is 14.7. The maximum Gasteiger partial charge on any atom is 0.417 e. The Morgan fingerprint density at radius 3 is 2.27 bits per heavy atom. The number of carbonyl (C=O) groups excluding carboxylic acids is 1. The van der Waals surface area contributed by atoms with Crippen molar-refractivity contribution in [3.8, 4) is 6.07 Å². The van der Waals surface area contributed by atoms with E-state index in [0.29, 0.717) is 23.5 Å². The molecule has 10 heteroatoms. The summed E-state index contributed by atoms with van der Waals surface area (Å²) >= 11 is 0. The van der Waals surface area contributed by atoms with Crippen LogP contribution in [0.25, 0.3) is 0 Å². The lowest BCUT2D eigenvalue weighted by Crippen LogP contribution is -2.32. The van der Waals surface area contributed by atoms with Crippen molar-refractivity contribution in [2.24, 2.45) is 0 Å². The summed E-state index contributed by atoms with van der Waals surface area (Å²) in [6.07, 6.45) is -5.03. The van der Waals surface area contributed by atoms with Crippen molar-refractivity contribution in [2.45, 2.75) is 31.8 Å². The number of rotatable bonds is 3. The van der Waals surface area contributed by atoms with Crippen LogP contribution in [0.4, 0.5) is 13.2 Å². The fourth-order valence-electron chi connectivity index (χ4n) is 2.41. The SMILES string of the molecule is Cc1oc(C)c(C(=O)NS(=O)(=O)c2ccc(C#N)cc2C(F)(F)F)c1C. The molecule has 1 aromatic heterocycles. The van der Waals surface area contributed by atoms with Crippen molar-refractivity contribution in [1.29, 1.82) is 5.26 Å². The van der Waals surface area contributed by atoms with Crippen LogP contribution in [0.3, 0.4) is 0 Å². The molecule has 1 amide bonds. The molecule has 0 saturated carbocycles. The second-order valence-corrected chi connectivity index (χ2v) is 7.12. The Kier molecular flexibility index (Phi) is 4.88. The number of nitrogens with one attached hydrogen (secondary N) is 1. The first-order chi connectivity index (χ1) is 11.9. The van der Waals surface area contributed by atoms with E-state index in [-0.39, 0.29) is 16.9 Å². The normalized spacial score (nSPS) is 11.9. The van der Waals surface area contributed by atoms with E-state index in [4.69, 9.17) is 9.68 Å². The van der Waals surface area contributed by atoms with E-state index in [1.165, 1.54) is 19.9 Å². The number of aryl methyl sites for hydroxylation is 2. The monoisotopic (exact) mass is 386 g/mol. The lowest BCUT2D eigenvalue weighted by molar-refractivity contribution is -0.139. The molecule has 26 heavy (non-hydrogen) atoms. The molecule has 1 aromatic carbocycles. The number of hydrogen-bond donors (Lipinski definition) is 1. The maximum atomic E-state index is 13.2. The highest BCUT2D eigenvalue weighted by atomic mass is 32.2. The minimum Gasteiger partial charge on any atom is -0.466 e. The Hall–Kier alpha value is -2.80. The minimum atomic E-state index is -5.03. The van der Waals surface area contributed by atoms with Crippen molar-refractivity contribution in [2.75, 3.05) is 0 Å². The summed E-state index contributed by atoms with van der Waals surface area (Å²) in [5, 5.41) is 8.73. The van der Waals surface area contributed by atoms with Crippen LogP contribution in [0.1, 0.15) is 38.6 Å². The number of nitrogens with zero attached hydrogens (tertiary/aromatic N) is 1. The van der Waals surface area contributed by atoms with Crippen LogP contribution in [0.5, 0.6) is 0 Å².